The van der Waals surface area contributed by atoms with Gasteiger partial charge in [0.2, 0.25) is 0 Å². The number of benzene rings is 3. The second-order valence-corrected chi connectivity index (χ2v) is 8.78. The van der Waals surface area contributed by atoms with Crippen molar-refractivity contribution in [3.63, 3.8) is 0 Å². The van der Waals surface area contributed by atoms with Crippen molar-refractivity contribution in [3.05, 3.63) is 109 Å². The summed E-state index contributed by atoms with van der Waals surface area (Å²) in [6, 6.07) is 27.1. The van der Waals surface area contributed by atoms with E-state index in [0.717, 1.165) is 44.6 Å². The minimum absolute atomic E-state index is 0.0837. The zero-order valence-electron chi connectivity index (χ0n) is 19.1. The fourth-order valence-corrected chi connectivity index (χ4v) is 4.09. The fourth-order valence-electron chi connectivity index (χ4n) is 3.83. The van der Waals surface area contributed by atoms with Crippen molar-refractivity contribution in [1.82, 2.24) is 9.97 Å². The molecule has 0 aliphatic carbocycles. The van der Waals surface area contributed by atoms with Crippen molar-refractivity contribution in [2.24, 2.45) is 0 Å². The maximum Gasteiger partial charge on any atom is 0.258 e. The number of fused-ring (bicyclic) bond motifs is 1. The summed E-state index contributed by atoms with van der Waals surface area (Å²) in [4.78, 5) is 23.3. The van der Waals surface area contributed by atoms with E-state index in [-0.39, 0.29) is 5.91 Å². The van der Waals surface area contributed by atoms with E-state index in [4.69, 9.17) is 0 Å². The SMILES string of the molecule is CN(C(=O)c1ccc(Nc2ccnc3ccc(P)cc23)cc1)c1cccc(Nc2ccncc2)c1. The first-order valence-corrected chi connectivity index (χ1v) is 11.7. The van der Waals surface area contributed by atoms with Crippen LogP contribution in [0.15, 0.2) is 104 Å². The molecule has 35 heavy (non-hydrogen) atoms. The number of nitrogens with zero attached hydrogens (tertiary/aromatic N) is 3. The number of aromatic nitrogens is 2. The lowest BCUT2D eigenvalue weighted by atomic mass is 10.1. The Morgan fingerprint density at radius 2 is 1.57 bits per heavy atom. The van der Waals surface area contributed by atoms with Gasteiger partial charge in [-0.25, -0.2) is 0 Å². The summed E-state index contributed by atoms with van der Waals surface area (Å²) < 4.78 is 0. The van der Waals surface area contributed by atoms with E-state index < -0.39 is 0 Å². The number of nitrogens with one attached hydrogen (secondary N) is 2. The molecule has 0 fully saturated rings. The molecule has 0 saturated carbocycles. The van der Waals surface area contributed by atoms with Gasteiger partial charge in [-0.2, -0.15) is 0 Å². The van der Waals surface area contributed by atoms with Gasteiger partial charge in [-0.1, -0.05) is 12.1 Å². The first-order valence-electron chi connectivity index (χ1n) is 11.1. The van der Waals surface area contributed by atoms with Crippen molar-refractivity contribution < 1.29 is 4.79 Å². The normalized spacial score (nSPS) is 10.7. The minimum Gasteiger partial charge on any atom is -0.355 e. The van der Waals surface area contributed by atoms with E-state index in [2.05, 4.69) is 35.9 Å². The summed E-state index contributed by atoms with van der Waals surface area (Å²) in [5.74, 6) is -0.0837. The molecule has 172 valence electrons. The molecule has 2 N–H and O–H groups in total. The van der Waals surface area contributed by atoms with Crippen molar-refractivity contribution in [2.45, 2.75) is 0 Å². The number of rotatable bonds is 6. The molecule has 0 spiro atoms. The maximum atomic E-state index is 13.2. The highest BCUT2D eigenvalue weighted by molar-refractivity contribution is 7.27. The van der Waals surface area contributed by atoms with Gasteiger partial charge in [-0.3, -0.25) is 14.8 Å². The summed E-state index contributed by atoms with van der Waals surface area (Å²) in [6.07, 6.45) is 5.26. The van der Waals surface area contributed by atoms with Crippen molar-refractivity contribution in [1.29, 1.82) is 0 Å². The topological polar surface area (TPSA) is 70.2 Å². The number of hydrogen-bond donors (Lipinski definition) is 2. The van der Waals surface area contributed by atoms with Gasteiger partial charge in [0, 0.05) is 65.0 Å². The third-order valence-corrected chi connectivity index (χ3v) is 6.04. The third kappa shape index (κ3) is 5.13. The van der Waals surface area contributed by atoms with Crippen LogP contribution in [0.2, 0.25) is 0 Å². The van der Waals surface area contributed by atoms with E-state index in [9.17, 15) is 4.79 Å². The lowest BCUT2D eigenvalue weighted by molar-refractivity contribution is 0.0993. The quantitative estimate of drug-likeness (QED) is 0.298. The summed E-state index contributed by atoms with van der Waals surface area (Å²) in [5.41, 5.74) is 6.03. The second kappa shape index (κ2) is 9.92. The Kier molecular flexibility index (Phi) is 6.38. The lowest BCUT2D eigenvalue weighted by Crippen LogP contribution is -2.26. The van der Waals surface area contributed by atoms with E-state index in [1.165, 1.54) is 0 Å². The highest BCUT2D eigenvalue weighted by atomic mass is 31.0. The maximum absolute atomic E-state index is 13.2. The number of carbonyl (C=O) groups is 1. The number of carbonyl (C=O) groups excluding carboxylic acids is 1. The molecule has 3 aromatic carbocycles. The second-order valence-electron chi connectivity index (χ2n) is 8.11. The van der Waals surface area contributed by atoms with Gasteiger partial charge >= 0.3 is 0 Å². The molecule has 0 saturated heterocycles. The van der Waals surface area contributed by atoms with Crippen LogP contribution in [-0.4, -0.2) is 22.9 Å². The van der Waals surface area contributed by atoms with Crippen LogP contribution in [0.1, 0.15) is 10.4 Å². The van der Waals surface area contributed by atoms with E-state index >= 15 is 0 Å². The van der Waals surface area contributed by atoms with Crippen LogP contribution in [0.5, 0.6) is 0 Å². The average Bonchev–Trinajstić information content (AvgIpc) is 2.89. The molecule has 7 heteroatoms. The molecule has 2 heterocycles. The Labute approximate surface area is 206 Å². The van der Waals surface area contributed by atoms with Crippen molar-refractivity contribution >= 4 is 59.8 Å². The molecule has 0 aliphatic heterocycles. The zero-order valence-corrected chi connectivity index (χ0v) is 20.3. The van der Waals surface area contributed by atoms with Gasteiger partial charge in [-0.15, -0.1) is 9.24 Å². The van der Waals surface area contributed by atoms with Gasteiger partial charge in [0.25, 0.3) is 5.91 Å². The molecular weight excluding hydrogens is 453 g/mol. The summed E-state index contributed by atoms with van der Waals surface area (Å²) >= 11 is 0. The van der Waals surface area contributed by atoms with Crippen LogP contribution in [0.25, 0.3) is 10.9 Å². The lowest BCUT2D eigenvalue weighted by Gasteiger charge is -2.19. The zero-order chi connectivity index (χ0) is 24.2. The molecule has 1 atom stereocenters. The van der Waals surface area contributed by atoms with Gasteiger partial charge in [-0.05, 0) is 78.1 Å². The molecule has 0 aliphatic rings. The Bertz CT molecular complexity index is 1490. The molecule has 2 aromatic heterocycles. The molecular formula is C28H24N5OP. The number of pyridine rings is 2. The highest BCUT2D eigenvalue weighted by Gasteiger charge is 2.14. The monoisotopic (exact) mass is 477 g/mol. The van der Waals surface area contributed by atoms with Crippen LogP contribution in [-0.2, 0) is 0 Å². The summed E-state index contributed by atoms with van der Waals surface area (Å²) in [7, 11) is 4.50. The van der Waals surface area contributed by atoms with Crippen LogP contribution in [0.3, 0.4) is 0 Å². The first kappa shape index (κ1) is 22.5. The molecule has 5 aromatic rings. The number of hydrogen-bond acceptors (Lipinski definition) is 5. The Hall–Kier alpha value is -4.28. The van der Waals surface area contributed by atoms with E-state index in [1.54, 1.807) is 30.5 Å². The fraction of sp³-hybridized carbons (Fsp3) is 0.0357. The van der Waals surface area contributed by atoms with Gasteiger partial charge < -0.3 is 15.5 Å². The first-order chi connectivity index (χ1) is 17.1. The molecule has 0 bridgehead atoms. The predicted octanol–water partition coefficient (Wildman–Crippen LogP) is 5.89. The molecule has 1 unspecified atom stereocenters. The third-order valence-electron chi connectivity index (χ3n) is 5.68. The van der Waals surface area contributed by atoms with Crippen LogP contribution >= 0.6 is 9.24 Å². The van der Waals surface area contributed by atoms with Crippen LogP contribution in [0.4, 0.5) is 28.4 Å². The Balaban J connectivity index is 1.31. The summed E-state index contributed by atoms with van der Waals surface area (Å²) in [6.45, 7) is 0. The average molecular weight is 478 g/mol. The van der Waals surface area contributed by atoms with Gasteiger partial charge in [0.1, 0.15) is 0 Å². The number of anilines is 5. The largest absolute Gasteiger partial charge is 0.355 e. The molecule has 1 amide bonds. The number of amides is 1. The van der Waals surface area contributed by atoms with Crippen LogP contribution < -0.4 is 20.8 Å². The smallest absolute Gasteiger partial charge is 0.258 e. The highest BCUT2D eigenvalue weighted by Crippen LogP contribution is 2.26. The molecule has 6 nitrogen and oxygen atoms in total. The van der Waals surface area contributed by atoms with Gasteiger partial charge in [0.15, 0.2) is 0 Å². The Morgan fingerprint density at radius 1 is 0.800 bits per heavy atom. The Morgan fingerprint density at radius 3 is 2.37 bits per heavy atom. The summed E-state index contributed by atoms with van der Waals surface area (Å²) in [5, 5.41) is 8.91. The van der Waals surface area contributed by atoms with Gasteiger partial charge in [0.05, 0.1) is 5.52 Å². The van der Waals surface area contributed by atoms with Crippen molar-refractivity contribution in [3.8, 4) is 0 Å². The standard InChI is InChI=1S/C28H24N5OP/c1-33(23-4-2-3-22(17-23)31-21-11-14-29-15-12-21)28(34)19-5-7-20(8-6-19)32-27-13-16-30-26-10-9-24(35)18-25(26)27/h2-18H,35H2,1H3,(H,29,31)(H,30,32). The molecule has 5 rings (SSSR count). The van der Waals surface area contributed by atoms with Crippen LogP contribution in [0, 0.1) is 0 Å². The van der Waals surface area contributed by atoms with Crippen molar-refractivity contribution in [2.75, 3.05) is 22.6 Å². The predicted molar refractivity (Wildman–Crippen MR) is 148 cm³/mol. The van der Waals surface area contributed by atoms with E-state index in [1.807, 2.05) is 78.9 Å². The van der Waals surface area contributed by atoms with E-state index in [0.29, 0.717) is 5.56 Å². The minimum atomic E-state index is -0.0837. The molecule has 0 radical (unpaired) electrons.